The number of piperazine rings is 1. The van der Waals surface area contributed by atoms with Crippen LogP contribution in [0.2, 0.25) is 5.02 Å². The number of phenols is 1. The molecule has 2 atom stereocenters. The molecular weight excluding hydrogens is 593 g/mol. The second-order valence-corrected chi connectivity index (χ2v) is 12.0. The maximum Gasteiger partial charge on any atom is 0.449 e. The molecule has 2 saturated heterocycles. The first kappa shape index (κ1) is 29.4. The molecule has 0 spiro atoms. The summed E-state index contributed by atoms with van der Waals surface area (Å²) in [7, 11) is -4.29. The highest BCUT2D eigenvalue weighted by Gasteiger charge is 2.39. The standard InChI is InChI=1S/C25H26ClF3N4O7S/c1-2-15(17-5-6-18(40-17)25(27,28)29)30-19-20(23(36)22(19)35)31-16-4-3-14(26)24(21(16)34)41(37,38)33-8-7-32-9-10-39-12-13(32)11-33/h3-6,13,15,30-31,34H,2,7-12H2,1H3. The van der Waals surface area contributed by atoms with Gasteiger partial charge in [-0.3, -0.25) is 14.5 Å². The Labute approximate surface area is 237 Å². The number of nitrogens with zero attached hydrogens (tertiary/aromatic N) is 2. The molecule has 2 aliphatic rings. The number of alkyl halides is 3. The van der Waals surface area contributed by atoms with Crippen LogP contribution in [0.25, 0.3) is 0 Å². The molecule has 2 unspecified atom stereocenters. The maximum atomic E-state index is 13.6. The maximum absolute atomic E-state index is 13.6. The van der Waals surface area contributed by atoms with E-state index >= 15 is 0 Å². The number of hydrogen-bond donors (Lipinski definition) is 3. The fourth-order valence-corrected chi connectivity index (χ4v) is 7.04. The van der Waals surface area contributed by atoms with Crippen LogP contribution < -0.4 is 21.5 Å². The van der Waals surface area contributed by atoms with Gasteiger partial charge in [0.15, 0.2) is 5.75 Å². The largest absolute Gasteiger partial charge is 0.504 e. The van der Waals surface area contributed by atoms with Crippen molar-refractivity contribution in [2.45, 2.75) is 36.5 Å². The first-order valence-corrected chi connectivity index (χ1v) is 14.5. The summed E-state index contributed by atoms with van der Waals surface area (Å²) in [6, 6.07) is 3.29. The van der Waals surface area contributed by atoms with Crippen molar-refractivity contribution < 1.29 is 35.8 Å². The molecule has 0 radical (unpaired) electrons. The molecule has 3 heterocycles. The Morgan fingerprint density at radius 3 is 2.54 bits per heavy atom. The van der Waals surface area contributed by atoms with E-state index in [0.29, 0.717) is 26.3 Å². The van der Waals surface area contributed by atoms with Gasteiger partial charge in [0.2, 0.25) is 15.8 Å². The van der Waals surface area contributed by atoms with Crippen LogP contribution in [0.1, 0.15) is 30.9 Å². The van der Waals surface area contributed by atoms with Crippen molar-refractivity contribution in [3.05, 3.63) is 61.3 Å². The third-order valence-corrected chi connectivity index (χ3v) is 9.60. The third kappa shape index (κ3) is 5.44. The average molecular weight is 619 g/mol. The summed E-state index contributed by atoms with van der Waals surface area (Å²) in [4.78, 5) is 26.4. The van der Waals surface area contributed by atoms with E-state index in [0.717, 1.165) is 12.1 Å². The highest BCUT2D eigenvalue weighted by Crippen LogP contribution is 2.41. The topological polar surface area (TPSA) is 141 Å². The molecule has 41 heavy (non-hydrogen) atoms. The van der Waals surface area contributed by atoms with Crippen molar-refractivity contribution in [3.8, 4) is 5.75 Å². The Balaban J connectivity index is 1.41. The molecule has 3 aromatic rings. The number of rotatable bonds is 8. The van der Waals surface area contributed by atoms with E-state index in [9.17, 15) is 36.3 Å². The number of furan rings is 1. The molecule has 1 aromatic heterocycles. The number of ether oxygens (including phenoxy) is 1. The first-order chi connectivity index (χ1) is 19.3. The van der Waals surface area contributed by atoms with Crippen LogP contribution in [0.15, 0.2) is 43.2 Å². The normalized spacial score (nSPS) is 19.7. The highest BCUT2D eigenvalue weighted by molar-refractivity contribution is 7.89. The minimum atomic E-state index is -4.70. The van der Waals surface area contributed by atoms with Gasteiger partial charge in [0.25, 0.3) is 10.9 Å². The number of sulfonamides is 1. The number of morpholine rings is 1. The molecule has 2 aromatic carbocycles. The van der Waals surface area contributed by atoms with Crippen LogP contribution in [-0.4, -0.2) is 68.2 Å². The molecule has 0 aliphatic carbocycles. The molecule has 5 rings (SSSR count). The lowest BCUT2D eigenvalue weighted by molar-refractivity contribution is -0.153. The van der Waals surface area contributed by atoms with Gasteiger partial charge in [-0.1, -0.05) is 18.5 Å². The van der Waals surface area contributed by atoms with E-state index in [2.05, 4.69) is 15.5 Å². The van der Waals surface area contributed by atoms with Crippen LogP contribution in [0.5, 0.6) is 5.75 Å². The number of benzene rings is 1. The van der Waals surface area contributed by atoms with E-state index < -0.39 is 49.5 Å². The predicted octanol–water partition coefficient (Wildman–Crippen LogP) is 3.27. The van der Waals surface area contributed by atoms with Gasteiger partial charge in [-0.05, 0) is 30.7 Å². The van der Waals surface area contributed by atoms with Crippen molar-refractivity contribution in [3.63, 3.8) is 0 Å². The zero-order valence-electron chi connectivity index (χ0n) is 21.6. The molecule has 3 N–H and O–H groups in total. The predicted molar refractivity (Wildman–Crippen MR) is 143 cm³/mol. The van der Waals surface area contributed by atoms with Crippen molar-refractivity contribution in [1.82, 2.24) is 9.21 Å². The van der Waals surface area contributed by atoms with Crippen LogP contribution in [-0.2, 0) is 20.9 Å². The van der Waals surface area contributed by atoms with Gasteiger partial charge in [0.05, 0.1) is 30.0 Å². The van der Waals surface area contributed by atoms with E-state index in [4.69, 9.17) is 20.8 Å². The third-order valence-electron chi connectivity index (χ3n) is 7.23. The number of anilines is 3. The van der Waals surface area contributed by atoms with Crippen molar-refractivity contribution in [1.29, 1.82) is 0 Å². The van der Waals surface area contributed by atoms with E-state index in [1.165, 1.54) is 16.4 Å². The number of fused-ring (bicyclic) bond motifs is 1. The summed E-state index contributed by atoms with van der Waals surface area (Å²) < 4.78 is 77.7. The van der Waals surface area contributed by atoms with Gasteiger partial charge >= 0.3 is 6.18 Å². The summed E-state index contributed by atoms with van der Waals surface area (Å²) in [5, 5.41) is 16.1. The minimum absolute atomic E-state index is 0.106. The monoisotopic (exact) mass is 618 g/mol. The second kappa shape index (κ2) is 10.9. The number of nitrogens with one attached hydrogen (secondary N) is 2. The smallest absolute Gasteiger partial charge is 0.449 e. The molecule has 0 bridgehead atoms. The zero-order valence-corrected chi connectivity index (χ0v) is 23.2. The summed E-state index contributed by atoms with van der Waals surface area (Å²) in [5.41, 5.74) is -2.68. The van der Waals surface area contributed by atoms with E-state index in [-0.39, 0.29) is 53.4 Å². The first-order valence-electron chi connectivity index (χ1n) is 12.7. The molecule has 0 amide bonds. The summed E-state index contributed by atoms with van der Waals surface area (Å²) >= 11 is 6.23. The summed E-state index contributed by atoms with van der Waals surface area (Å²) in [6.07, 6.45) is -4.51. The number of aromatic hydroxyl groups is 1. The Morgan fingerprint density at radius 2 is 1.85 bits per heavy atom. The average Bonchev–Trinajstić information content (AvgIpc) is 3.44. The SMILES string of the molecule is CCC(Nc1c(Nc2ccc(Cl)c(S(=O)(=O)N3CCN4CCOCC4C3)c2O)c(=O)c1=O)c1ccc(C(F)(F)F)o1. The Hall–Kier alpha value is -3.11. The van der Waals surface area contributed by atoms with Crippen molar-refractivity contribution in [2.24, 2.45) is 0 Å². The quantitative estimate of drug-likeness (QED) is 0.254. The van der Waals surface area contributed by atoms with Gasteiger partial charge in [0.1, 0.15) is 22.0 Å². The molecule has 16 heteroatoms. The molecule has 2 fully saturated rings. The van der Waals surface area contributed by atoms with Crippen molar-refractivity contribution in [2.75, 3.05) is 50.0 Å². The summed E-state index contributed by atoms with van der Waals surface area (Å²) in [6.45, 7) is 4.01. The fraction of sp³-hybridized carbons (Fsp3) is 0.440. The lowest BCUT2D eigenvalue weighted by Crippen LogP contribution is -2.59. The van der Waals surface area contributed by atoms with Gasteiger partial charge in [0, 0.05) is 32.2 Å². The van der Waals surface area contributed by atoms with Crippen LogP contribution in [0, 0.1) is 0 Å². The highest BCUT2D eigenvalue weighted by atomic mass is 35.5. The van der Waals surface area contributed by atoms with Gasteiger partial charge < -0.3 is 24.9 Å². The van der Waals surface area contributed by atoms with Crippen LogP contribution in [0.4, 0.5) is 30.2 Å². The molecule has 2 aliphatic heterocycles. The van der Waals surface area contributed by atoms with Crippen molar-refractivity contribution >= 4 is 38.7 Å². The molecular formula is C25H26ClF3N4O7S. The zero-order chi connectivity index (χ0) is 29.7. The van der Waals surface area contributed by atoms with Gasteiger partial charge in [-0.15, -0.1) is 0 Å². The lowest BCUT2D eigenvalue weighted by atomic mass is 10.1. The molecule has 222 valence electrons. The Kier molecular flexibility index (Phi) is 7.84. The molecule has 0 saturated carbocycles. The minimum Gasteiger partial charge on any atom is -0.504 e. The summed E-state index contributed by atoms with van der Waals surface area (Å²) in [5.74, 6) is -2.08. The fourth-order valence-electron chi connectivity index (χ4n) is 4.98. The van der Waals surface area contributed by atoms with Crippen LogP contribution in [0.3, 0.4) is 0 Å². The van der Waals surface area contributed by atoms with E-state index in [1.54, 1.807) is 6.92 Å². The lowest BCUT2D eigenvalue weighted by Gasteiger charge is -2.43. The Bertz CT molecular complexity index is 1630. The number of phenolic OH excluding ortho intramolecular Hbond substituents is 1. The molecule has 11 nitrogen and oxygen atoms in total. The van der Waals surface area contributed by atoms with Crippen LogP contribution >= 0.6 is 11.6 Å². The van der Waals surface area contributed by atoms with Gasteiger partial charge in [-0.25, -0.2) is 8.42 Å². The number of halogens is 4. The van der Waals surface area contributed by atoms with E-state index in [1.807, 2.05) is 0 Å². The van der Waals surface area contributed by atoms with Gasteiger partial charge in [-0.2, -0.15) is 17.5 Å². The Morgan fingerprint density at radius 1 is 1.12 bits per heavy atom. The second-order valence-electron chi connectivity index (χ2n) is 9.74. The number of hydrogen-bond acceptors (Lipinski definition) is 10.